The van der Waals surface area contributed by atoms with Gasteiger partial charge in [0.25, 0.3) is 11.8 Å². The lowest BCUT2D eigenvalue weighted by molar-refractivity contribution is -0.160. The molecule has 1 fully saturated rings. The summed E-state index contributed by atoms with van der Waals surface area (Å²) in [7, 11) is 0. The predicted molar refractivity (Wildman–Crippen MR) is 136 cm³/mol. The molecule has 5 rings (SSSR count). The number of aliphatic hydroxyl groups excluding tert-OH is 1. The van der Waals surface area contributed by atoms with E-state index in [0.29, 0.717) is 24.9 Å². The first-order chi connectivity index (χ1) is 20.9. The first kappa shape index (κ1) is 31.6. The number of alkyl halides is 6. The van der Waals surface area contributed by atoms with E-state index < -0.39 is 87.9 Å². The van der Waals surface area contributed by atoms with Crippen molar-refractivity contribution in [2.24, 2.45) is 0 Å². The van der Waals surface area contributed by atoms with E-state index in [0.717, 1.165) is 23.2 Å². The van der Waals surface area contributed by atoms with Crippen LogP contribution in [0.5, 0.6) is 5.75 Å². The summed E-state index contributed by atoms with van der Waals surface area (Å²) < 4.78 is 108. The average molecular weight is 644 g/mol. The molecule has 2 aromatic heterocycles. The van der Waals surface area contributed by atoms with Crippen LogP contribution in [-0.2, 0) is 28.5 Å². The van der Waals surface area contributed by atoms with Gasteiger partial charge in [-0.2, -0.15) is 30.7 Å². The summed E-state index contributed by atoms with van der Waals surface area (Å²) in [6, 6.07) is 3.11. The number of nitrogens with one attached hydrogen (secondary N) is 1. The number of phenolic OH excluding ortho intramolecular Hbond substituents is 1. The quantitative estimate of drug-likeness (QED) is 0.258. The van der Waals surface area contributed by atoms with E-state index >= 15 is 0 Å². The molecule has 238 valence electrons. The van der Waals surface area contributed by atoms with Crippen molar-refractivity contribution in [3.8, 4) is 17.0 Å². The number of aliphatic hydroxyl groups is 1. The standard InChI is InChI=1S/C27H20F8N6O4/c1-25-7-2-8-41(25)40(11-13-3-5-15(42)19(29)18(13)28)23(45)17(21(25)43)22(44)38-14-10-37-24(27(33,34)35)39-20(14)12-4-6-16(36-9-12)26(30,31)32/h3-6,9-10,42-43H,2,7-8,11H2,1H3,(H,38,44)/t25-/m1/s1. The van der Waals surface area contributed by atoms with Gasteiger partial charge in [0.05, 0.1) is 29.7 Å². The Labute approximate surface area is 247 Å². The monoisotopic (exact) mass is 644 g/mol. The number of carbonyl (C=O) groups excluding carboxylic acids is 2. The SMILES string of the molecule is C[C@]12CCCN1N(Cc1ccc(O)c(F)c1F)C(=O)C(C(=O)Nc1cnc(C(F)(F)F)nc1-c1ccc(C(F)(F)F)nc1)=C2O. The van der Waals surface area contributed by atoms with Crippen LogP contribution in [0.25, 0.3) is 11.3 Å². The topological polar surface area (TPSA) is 132 Å². The summed E-state index contributed by atoms with van der Waals surface area (Å²) in [5.74, 6) is -9.01. The largest absolute Gasteiger partial charge is 0.509 e. The fourth-order valence-electron chi connectivity index (χ4n) is 5.13. The lowest BCUT2D eigenvalue weighted by atomic mass is 9.90. The fraction of sp³-hybridized carbons (Fsp3) is 0.296. The minimum Gasteiger partial charge on any atom is -0.509 e. The Hall–Kier alpha value is -4.87. The lowest BCUT2D eigenvalue weighted by Crippen LogP contribution is -2.60. The molecule has 2 aliphatic heterocycles. The van der Waals surface area contributed by atoms with Gasteiger partial charge in [-0.05, 0) is 38.0 Å². The number of fused-ring (bicyclic) bond motifs is 1. The van der Waals surface area contributed by atoms with Crippen molar-refractivity contribution in [2.45, 2.75) is 44.2 Å². The minimum absolute atomic E-state index is 0.154. The zero-order chi connectivity index (χ0) is 33.1. The van der Waals surface area contributed by atoms with Gasteiger partial charge in [0, 0.05) is 23.9 Å². The normalized spacial score (nSPS) is 19.2. The van der Waals surface area contributed by atoms with E-state index in [1.807, 2.05) is 0 Å². The first-order valence-corrected chi connectivity index (χ1v) is 12.9. The number of anilines is 1. The number of hydrogen-bond acceptors (Lipinski definition) is 8. The van der Waals surface area contributed by atoms with E-state index in [2.05, 4.69) is 20.3 Å². The molecule has 1 saturated heterocycles. The van der Waals surface area contributed by atoms with Gasteiger partial charge in [0.15, 0.2) is 11.6 Å². The molecule has 2 amide bonds. The van der Waals surface area contributed by atoms with E-state index in [-0.39, 0.29) is 24.1 Å². The molecule has 45 heavy (non-hydrogen) atoms. The number of aromatic hydroxyl groups is 1. The molecule has 1 atom stereocenters. The molecule has 2 aliphatic rings. The highest BCUT2D eigenvalue weighted by atomic mass is 19.4. The number of nitrogens with zero attached hydrogens (tertiary/aromatic N) is 5. The van der Waals surface area contributed by atoms with Gasteiger partial charge in [0.1, 0.15) is 17.0 Å². The molecule has 18 heteroatoms. The van der Waals surface area contributed by atoms with Crippen LogP contribution in [0.2, 0.25) is 0 Å². The third-order valence-electron chi connectivity index (χ3n) is 7.40. The molecule has 4 heterocycles. The number of pyridine rings is 1. The Morgan fingerprint density at radius 2 is 1.71 bits per heavy atom. The molecule has 0 radical (unpaired) electrons. The van der Waals surface area contributed by atoms with Gasteiger partial charge in [-0.15, -0.1) is 0 Å². The number of amides is 2. The van der Waals surface area contributed by atoms with E-state index in [4.69, 9.17) is 0 Å². The summed E-state index contributed by atoms with van der Waals surface area (Å²) >= 11 is 0. The Balaban J connectivity index is 1.54. The first-order valence-electron chi connectivity index (χ1n) is 12.9. The molecule has 3 N–H and O–H groups in total. The molecule has 0 saturated carbocycles. The molecule has 1 aromatic carbocycles. The number of hydrazine groups is 1. The van der Waals surface area contributed by atoms with Crippen molar-refractivity contribution < 1.29 is 54.9 Å². The summed E-state index contributed by atoms with van der Waals surface area (Å²) in [6.45, 7) is 0.977. The predicted octanol–water partition coefficient (Wildman–Crippen LogP) is 5.12. The number of aromatic nitrogens is 3. The van der Waals surface area contributed by atoms with Crippen LogP contribution in [0, 0.1) is 11.6 Å². The summed E-state index contributed by atoms with van der Waals surface area (Å²) in [5, 5.41) is 25.0. The van der Waals surface area contributed by atoms with E-state index in [9.17, 15) is 54.9 Å². The summed E-state index contributed by atoms with van der Waals surface area (Å²) in [5.41, 5.74) is -5.72. The van der Waals surface area contributed by atoms with Gasteiger partial charge in [-0.3, -0.25) is 19.6 Å². The van der Waals surface area contributed by atoms with Crippen molar-refractivity contribution in [1.82, 2.24) is 25.0 Å². The number of hydrogen-bond donors (Lipinski definition) is 3. The van der Waals surface area contributed by atoms with Crippen molar-refractivity contribution >= 4 is 17.5 Å². The smallest absolute Gasteiger partial charge is 0.451 e. The maximum atomic E-state index is 14.6. The third kappa shape index (κ3) is 5.60. The summed E-state index contributed by atoms with van der Waals surface area (Å²) in [6.07, 6.45) is -8.29. The van der Waals surface area contributed by atoms with Crippen LogP contribution in [0.15, 0.2) is 48.0 Å². The molecule has 3 aromatic rings. The second-order valence-corrected chi connectivity index (χ2v) is 10.3. The Kier molecular flexibility index (Phi) is 7.67. The highest BCUT2D eigenvalue weighted by molar-refractivity contribution is 6.24. The molecule has 0 aliphatic carbocycles. The third-order valence-corrected chi connectivity index (χ3v) is 7.40. The Bertz CT molecular complexity index is 1730. The van der Waals surface area contributed by atoms with Gasteiger partial charge >= 0.3 is 12.4 Å². The van der Waals surface area contributed by atoms with Gasteiger partial charge in [-0.1, -0.05) is 6.07 Å². The molecule has 0 bridgehead atoms. The number of phenols is 1. The van der Waals surface area contributed by atoms with Gasteiger partial charge < -0.3 is 15.5 Å². The highest BCUT2D eigenvalue weighted by Gasteiger charge is 2.53. The zero-order valence-corrected chi connectivity index (χ0v) is 22.8. The van der Waals surface area contributed by atoms with Crippen molar-refractivity contribution in [1.29, 1.82) is 0 Å². The number of benzene rings is 1. The van der Waals surface area contributed by atoms with Gasteiger partial charge in [-0.25, -0.2) is 19.4 Å². The van der Waals surface area contributed by atoms with Crippen LogP contribution in [0.1, 0.15) is 36.8 Å². The van der Waals surface area contributed by atoms with Crippen LogP contribution >= 0.6 is 0 Å². The second kappa shape index (κ2) is 10.9. The van der Waals surface area contributed by atoms with Crippen LogP contribution in [0.3, 0.4) is 0 Å². The van der Waals surface area contributed by atoms with E-state index in [1.54, 1.807) is 0 Å². The maximum Gasteiger partial charge on any atom is 0.451 e. The molecular weight excluding hydrogens is 624 g/mol. The van der Waals surface area contributed by atoms with Crippen LogP contribution in [0.4, 0.5) is 40.8 Å². The molecule has 0 spiro atoms. The molecular formula is C27H20F8N6O4. The second-order valence-electron chi connectivity index (χ2n) is 10.3. The van der Waals surface area contributed by atoms with Crippen LogP contribution < -0.4 is 5.32 Å². The zero-order valence-electron chi connectivity index (χ0n) is 22.8. The fourth-order valence-corrected chi connectivity index (χ4v) is 5.13. The van der Waals surface area contributed by atoms with Crippen molar-refractivity contribution in [3.63, 3.8) is 0 Å². The molecule has 0 unspecified atom stereocenters. The maximum absolute atomic E-state index is 14.6. The van der Waals surface area contributed by atoms with Gasteiger partial charge in [0.2, 0.25) is 11.6 Å². The number of carbonyl (C=O) groups is 2. The van der Waals surface area contributed by atoms with Crippen LogP contribution in [-0.4, -0.2) is 59.1 Å². The van der Waals surface area contributed by atoms with E-state index in [1.165, 1.54) is 11.9 Å². The minimum atomic E-state index is -5.10. The van der Waals surface area contributed by atoms with Crippen molar-refractivity contribution in [3.05, 3.63) is 76.7 Å². The highest BCUT2D eigenvalue weighted by Crippen LogP contribution is 2.42. The number of rotatable bonds is 5. The van der Waals surface area contributed by atoms with Crippen molar-refractivity contribution in [2.75, 3.05) is 11.9 Å². The molecule has 10 nitrogen and oxygen atoms in total. The summed E-state index contributed by atoms with van der Waals surface area (Å²) in [4.78, 5) is 36.9. The Morgan fingerprint density at radius 3 is 2.33 bits per heavy atom. The number of halogens is 8. The lowest BCUT2D eigenvalue weighted by Gasteiger charge is -2.46. The average Bonchev–Trinajstić information content (AvgIpc) is 3.37. The Morgan fingerprint density at radius 1 is 1.00 bits per heavy atom.